The molecule has 1 rings (SSSR count). The molecule has 0 N–H and O–H groups in total. The van der Waals surface area contributed by atoms with Gasteiger partial charge in [-0.1, -0.05) is 13.8 Å². The molecule has 0 saturated heterocycles. The first-order valence-electron chi connectivity index (χ1n) is 7.12. The Bertz CT molecular complexity index is 588. The summed E-state index contributed by atoms with van der Waals surface area (Å²) in [5.74, 6) is 0. The van der Waals surface area contributed by atoms with Gasteiger partial charge >= 0.3 is 0 Å². The molecule has 116 valence electrons. The Labute approximate surface area is 132 Å². The molecule has 1 unspecified atom stereocenters. The van der Waals surface area contributed by atoms with Crippen molar-refractivity contribution in [2.24, 2.45) is 0 Å². The monoisotopic (exact) mass is 318 g/mol. The normalized spacial score (nSPS) is 11.6. The highest BCUT2D eigenvalue weighted by Gasteiger charge is 2.26. The summed E-state index contributed by atoms with van der Waals surface area (Å²) in [5.41, 5.74) is 0.324. The summed E-state index contributed by atoms with van der Waals surface area (Å²) in [4.78, 5) is 7.28. The van der Waals surface area contributed by atoms with Crippen LogP contribution in [-0.2, 0) is 4.52 Å². The zero-order valence-corrected chi connectivity index (χ0v) is 13.8. The lowest BCUT2D eigenvalue weighted by Gasteiger charge is -2.30. The third-order valence-electron chi connectivity index (χ3n) is 2.76. The average Bonchev–Trinajstić information content (AvgIpc) is 2.94. The molecule has 22 heavy (non-hydrogen) atoms. The van der Waals surface area contributed by atoms with Gasteiger partial charge in [0, 0.05) is 13.1 Å². The fourth-order valence-electron chi connectivity index (χ4n) is 1.90. The Balaban J connectivity index is 3.14. The summed E-state index contributed by atoms with van der Waals surface area (Å²) in [6, 6.07) is 3.96. The zero-order chi connectivity index (χ0) is 16.4. The summed E-state index contributed by atoms with van der Waals surface area (Å²) in [6.07, 6.45) is 3.39. The quantitative estimate of drug-likeness (QED) is 0.397. The Morgan fingerprint density at radius 2 is 2.05 bits per heavy atom. The molecule has 0 bridgehead atoms. The summed E-state index contributed by atoms with van der Waals surface area (Å²) in [7, 11) is -1.28. The van der Waals surface area contributed by atoms with Crippen LogP contribution in [0, 0.1) is 29.2 Å². The van der Waals surface area contributed by atoms with Crippen LogP contribution in [0.3, 0.4) is 0 Å². The first-order chi connectivity index (χ1) is 10.7. The number of nitrogens with zero attached hydrogens (tertiary/aromatic N) is 6. The van der Waals surface area contributed by atoms with E-state index >= 15 is 0 Å². The van der Waals surface area contributed by atoms with Crippen molar-refractivity contribution < 1.29 is 4.52 Å². The highest BCUT2D eigenvalue weighted by molar-refractivity contribution is 7.48. The number of hydrogen-bond donors (Lipinski definition) is 0. The maximum atomic E-state index is 9.31. The van der Waals surface area contributed by atoms with Crippen LogP contribution in [0.25, 0.3) is 4.85 Å². The first-order valence-corrected chi connectivity index (χ1v) is 8.28. The van der Waals surface area contributed by atoms with Gasteiger partial charge in [0.2, 0.25) is 15.0 Å². The molecule has 0 amide bonds. The van der Waals surface area contributed by atoms with Crippen LogP contribution in [0.5, 0.6) is 0 Å². The van der Waals surface area contributed by atoms with Gasteiger partial charge < -0.3 is 9.37 Å². The Kier molecular flexibility index (Phi) is 8.11. The van der Waals surface area contributed by atoms with Crippen molar-refractivity contribution in [3.05, 3.63) is 29.1 Å². The lowest BCUT2D eigenvalue weighted by Crippen LogP contribution is -2.24. The van der Waals surface area contributed by atoms with Gasteiger partial charge in [0.05, 0.1) is 0 Å². The SMILES string of the molecule is [C-]#[N+]CCOP(N(CCC)CCC)n1cnc(C#N)c1C#N. The molecular formula is C14H19N6OP. The summed E-state index contributed by atoms with van der Waals surface area (Å²) >= 11 is 0. The van der Waals surface area contributed by atoms with Gasteiger partial charge in [-0.15, -0.1) is 0 Å². The van der Waals surface area contributed by atoms with E-state index in [0.29, 0.717) is 6.61 Å². The number of hydrogen-bond acceptors (Lipinski definition) is 5. The molecule has 1 aromatic heterocycles. The van der Waals surface area contributed by atoms with Crippen LogP contribution in [0.15, 0.2) is 6.33 Å². The minimum atomic E-state index is -1.28. The zero-order valence-electron chi connectivity index (χ0n) is 12.9. The third-order valence-corrected chi connectivity index (χ3v) is 4.73. The number of nitriles is 2. The molecule has 0 aliphatic rings. The van der Waals surface area contributed by atoms with Crippen LogP contribution >= 0.6 is 8.45 Å². The van der Waals surface area contributed by atoms with Gasteiger partial charge in [0.1, 0.15) is 25.1 Å². The minimum absolute atomic E-state index is 0.108. The van der Waals surface area contributed by atoms with E-state index in [-0.39, 0.29) is 17.9 Å². The maximum absolute atomic E-state index is 9.31. The molecule has 1 aromatic rings. The van der Waals surface area contributed by atoms with Crippen LogP contribution in [-0.4, -0.2) is 40.2 Å². The molecule has 0 fully saturated rings. The molecule has 0 radical (unpaired) electrons. The number of rotatable bonds is 9. The fourth-order valence-corrected chi connectivity index (χ4v) is 3.90. The van der Waals surface area contributed by atoms with Gasteiger partial charge in [-0.25, -0.2) is 16.2 Å². The van der Waals surface area contributed by atoms with Crippen molar-refractivity contribution in [2.45, 2.75) is 26.7 Å². The lowest BCUT2D eigenvalue weighted by molar-refractivity contribution is 0.310. The number of imidazole rings is 1. The van der Waals surface area contributed by atoms with Gasteiger partial charge in [-0.3, -0.25) is 4.34 Å². The molecule has 1 heterocycles. The van der Waals surface area contributed by atoms with E-state index in [0.717, 1.165) is 25.9 Å². The van der Waals surface area contributed by atoms with Crippen molar-refractivity contribution in [1.29, 1.82) is 10.5 Å². The summed E-state index contributed by atoms with van der Waals surface area (Å²) in [6.45, 7) is 13.2. The number of aromatic nitrogens is 2. The summed E-state index contributed by atoms with van der Waals surface area (Å²) in [5, 5.41) is 18.3. The highest BCUT2D eigenvalue weighted by Crippen LogP contribution is 2.44. The minimum Gasteiger partial charge on any atom is -0.319 e. The molecule has 7 nitrogen and oxygen atoms in total. The van der Waals surface area contributed by atoms with Gasteiger partial charge in [-0.05, 0) is 12.8 Å². The van der Waals surface area contributed by atoms with Crippen molar-refractivity contribution in [3.63, 3.8) is 0 Å². The van der Waals surface area contributed by atoms with E-state index in [1.165, 1.54) is 6.33 Å². The molecule has 0 aromatic carbocycles. The molecular weight excluding hydrogens is 299 g/mol. The second kappa shape index (κ2) is 9.87. The predicted molar refractivity (Wildman–Crippen MR) is 83.6 cm³/mol. The van der Waals surface area contributed by atoms with Crippen molar-refractivity contribution in [2.75, 3.05) is 26.2 Å². The van der Waals surface area contributed by atoms with Crippen LogP contribution in [0.2, 0.25) is 0 Å². The van der Waals surface area contributed by atoms with E-state index in [9.17, 15) is 5.26 Å². The molecule has 0 aliphatic heterocycles. The highest BCUT2D eigenvalue weighted by atomic mass is 31.2. The van der Waals surface area contributed by atoms with Gasteiger partial charge in [0.25, 0.3) is 0 Å². The molecule has 0 saturated carbocycles. The van der Waals surface area contributed by atoms with Crippen molar-refractivity contribution in [1.82, 2.24) is 14.0 Å². The smallest absolute Gasteiger partial charge is 0.238 e. The molecule has 1 atom stereocenters. The second-order valence-electron chi connectivity index (χ2n) is 4.43. The predicted octanol–water partition coefficient (Wildman–Crippen LogP) is 2.76. The van der Waals surface area contributed by atoms with Crippen LogP contribution in [0.1, 0.15) is 38.1 Å². The summed E-state index contributed by atoms with van der Waals surface area (Å²) < 4.78 is 9.67. The van der Waals surface area contributed by atoms with Gasteiger partial charge in [0.15, 0.2) is 11.4 Å². The van der Waals surface area contributed by atoms with E-state index < -0.39 is 8.45 Å². The van der Waals surface area contributed by atoms with Crippen molar-refractivity contribution >= 4 is 8.45 Å². The second-order valence-corrected chi connectivity index (χ2v) is 6.19. The standard InChI is InChI=1S/C14H19N6OP/c1-4-7-19(8-5-2)22(21-9-6-17-3)20-12-18-13(10-15)14(20)11-16/h12H,4-9H2,1-2H3. The topological polar surface area (TPSA) is 82.2 Å². The maximum Gasteiger partial charge on any atom is 0.238 e. The lowest BCUT2D eigenvalue weighted by atomic mass is 10.4. The Morgan fingerprint density at radius 3 is 2.55 bits per heavy atom. The fraction of sp³-hybridized carbons (Fsp3) is 0.571. The molecule has 0 spiro atoms. The molecule has 8 heteroatoms. The third kappa shape index (κ3) is 4.52. The van der Waals surface area contributed by atoms with E-state index in [1.54, 1.807) is 4.34 Å². The van der Waals surface area contributed by atoms with E-state index in [4.69, 9.17) is 16.4 Å². The van der Waals surface area contributed by atoms with E-state index in [2.05, 4.69) is 28.3 Å². The molecule has 0 aliphatic carbocycles. The van der Waals surface area contributed by atoms with E-state index in [1.807, 2.05) is 12.1 Å². The van der Waals surface area contributed by atoms with Crippen LogP contribution < -0.4 is 0 Å². The first kappa shape index (κ1) is 18.1. The van der Waals surface area contributed by atoms with Gasteiger partial charge in [-0.2, -0.15) is 10.5 Å². The van der Waals surface area contributed by atoms with Crippen molar-refractivity contribution in [3.8, 4) is 12.1 Å². The average molecular weight is 318 g/mol. The Morgan fingerprint density at radius 1 is 1.36 bits per heavy atom. The van der Waals surface area contributed by atoms with Crippen LogP contribution in [0.4, 0.5) is 0 Å². The Hall–Kier alpha value is -1.97. The largest absolute Gasteiger partial charge is 0.319 e.